The predicted octanol–water partition coefficient (Wildman–Crippen LogP) is 2.76. The minimum Gasteiger partial charge on any atom is -0.410 e. The van der Waals surface area contributed by atoms with Crippen molar-refractivity contribution < 1.29 is 23.9 Å². The standard InChI is InChI=1S/C29H31N5O5/c1-18(2)13-23(32-29(38)39-21-7-8-22-20(15-21)6-4-11-31-22)28(37)33-12-9-24-27(33)25(35)17-34(24)26(36)14-19-5-3-10-30-16-19/h3-8,10-11,15-16,18,23-24,27H,9,12-14,17H2,1-2H3,(H,32,38). The predicted molar refractivity (Wildman–Crippen MR) is 143 cm³/mol. The summed E-state index contributed by atoms with van der Waals surface area (Å²) in [5.41, 5.74) is 1.54. The van der Waals surface area contributed by atoms with Gasteiger partial charge in [-0.1, -0.05) is 26.0 Å². The van der Waals surface area contributed by atoms with Crippen LogP contribution in [0, 0.1) is 5.92 Å². The average molecular weight is 530 g/mol. The van der Waals surface area contributed by atoms with E-state index in [0.29, 0.717) is 25.1 Å². The summed E-state index contributed by atoms with van der Waals surface area (Å²) in [5, 5.41) is 3.54. The van der Waals surface area contributed by atoms with Gasteiger partial charge in [0.25, 0.3) is 0 Å². The first-order valence-electron chi connectivity index (χ1n) is 13.1. The first-order valence-corrected chi connectivity index (χ1v) is 13.1. The van der Waals surface area contributed by atoms with E-state index in [9.17, 15) is 19.2 Å². The van der Waals surface area contributed by atoms with Gasteiger partial charge in [0.15, 0.2) is 5.78 Å². The quantitative estimate of drug-likeness (QED) is 0.499. The second kappa shape index (κ2) is 11.2. The largest absolute Gasteiger partial charge is 0.413 e. The van der Waals surface area contributed by atoms with Gasteiger partial charge in [0, 0.05) is 30.5 Å². The number of likely N-dealkylation sites (tertiary alicyclic amines) is 2. The Morgan fingerprint density at radius 2 is 1.92 bits per heavy atom. The molecule has 10 heteroatoms. The van der Waals surface area contributed by atoms with Gasteiger partial charge in [-0.3, -0.25) is 24.4 Å². The summed E-state index contributed by atoms with van der Waals surface area (Å²) in [4.78, 5) is 64.0. The number of pyridine rings is 2. The van der Waals surface area contributed by atoms with Crippen LogP contribution in [0.15, 0.2) is 61.1 Å². The van der Waals surface area contributed by atoms with Crippen LogP contribution in [0.25, 0.3) is 10.9 Å². The summed E-state index contributed by atoms with van der Waals surface area (Å²) >= 11 is 0. The molecule has 0 radical (unpaired) electrons. The van der Waals surface area contributed by atoms with Gasteiger partial charge in [0.1, 0.15) is 17.8 Å². The zero-order valence-electron chi connectivity index (χ0n) is 21.9. The van der Waals surface area contributed by atoms with Crippen LogP contribution >= 0.6 is 0 Å². The third-order valence-corrected chi connectivity index (χ3v) is 7.19. The number of carbonyl (C=O) groups is 4. The molecule has 2 aromatic heterocycles. The summed E-state index contributed by atoms with van der Waals surface area (Å²) in [6.45, 7) is 4.21. The lowest BCUT2D eigenvalue weighted by atomic mass is 10.0. The molecular weight excluding hydrogens is 498 g/mol. The molecule has 202 valence electrons. The van der Waals surface area contributed by atoms with E-state index in [1.54, 1.807) is 53.8 Å². The summed E-state index contributed by atoms with van der Waals surface area (Å²) in [6, 6.07) is 10.4. The average Bonchev–Trinajstić information content (AvgIpc) is 3.49. The number of nitrogens with one attached hydrogen (secondary N) is 1. The van der Waals surface area contributed by atoms with Crippen molar-refractivity contribution in [3.05, 3.63) is 66.6 Å². The Kier molecular flexibility index (Phi) is 7.53. The van der Waals surface area contributed by atoms with Crippen LogP contribution in [0.2, 0.25) is 0 Å². The molecule has 0 aliphatic carbocycles. The number of fused-ring (bicyclic) bond motifs is 2. The number of benzene rings is 1. The summed E-state index contributed by atoms with van der Waals surface area (Å²) in [7, 11) is 0. The summed E-state index contributed by atoms with van der Waals surface area (Å²) < 4.78 is 5.49. The van der Waals surface area contributed by atoms with Gasteiger partial charge >= 0.3 is 6.09 Å². The SMILES string of the molecule is CC(C)CC(NC(=O)Oc1ccc2ncccc2c1)C(=O)N1CCC2C1C(=O)CN2C(=O)Cc1cccnc1. The van der Waals surface area contributed by atoms with Crippen LogP contribution in [-0.4, -0.2) is 74.7 Å². The number of hydrogen-bond acceptors (Lipinski definition) is 7. The Bertz CT molecular complexity index is 1400. The van der Waals surface area contributed by atoms with Crippen LogP contribution < -0.4 is 10.1 Å². The molecular formula is C29H31N5O5. The second-order valence-corrected chi connectivity index (χ2v) is 10.4. The lowest BCUT2D eigenvalue weighted by Crippen LogP contribution is -2.53. The normalized spacial score (nSPS) is 19.3. The van der Waals surface area contributed by atoms with E-state index in [2.05, 4.69) is 15.3 Å². The van der Waals surface area contributed by atoms with E-state index in [1.165, 1.54) is 4.90 Å². The Balaban J connectivity index is 1.26. The van der Waals surface area contributed by atoms with E-state index < -0.39 is 18.2 Å². The first-order chi connectivity index (χ1) is 18.8. The fraction of sp³-hybridized carbons (Fsp3) is 0.379. The van der Waals surface area contributed by atoms with Crippen LogP contribution in [0.5, 0.6) is 5.75 Å². The lowest BCUT2D eigenvalue weighted by molar-refractivity contribution is -0.138. The molecule has 2 aliphatic heterocycles. The Morgan fingerprint density at radius 1 is 1.10 bits per heavy atom. The van der Waals surface area contributed by atoms with Crippen molar-refractivity contribution >= 4 is 34.6 Å². The van der Waals surface area contributed by atoms with Crippen molar-refractivity contribution in [3.8, 4) is 5.75 Å². The zero-order chi connectivity index (χ0) is 27.5. The summed E-state index contributed by atoms with van der Waals surface area (Å²) in [6.07, 6.45) is 5.23. The van der Waals surface area contributed by atoms with Crippen LogP contribution in [0.3, 0.4) is 0 Å². The fourth-order valence-corrected chi connectivity index (χ4v) is 5.46. The van der Waals surface area contributed by atoms with Crippen molar-refractivity contribution in [1.29, 1.82) is 0 Å². The van der Waals surface area contributed by atoms with E-state index in [0.717, 1.165) is 16.5 Å². The molecule has 2 aliphatic rings. The van der Waals surface area contributed by atoms with Crippen molar-refractivity contribution in [2.24, 2.45) is 5.92 Å². The monoisotopic (exact) mass is 529 g/mol. The fourth-order valence-electron chi connectivity index (χ4n) is 5.46. The summed E-state index contributed by atoms with van der Waals surface area (Å²) in [5.74, 6) is -0.240. The molecule has 3 unspecified atom stereocenters. The van der Waals surface area contributed by atoms with E-state index in [-0.39, 0.29) is 42.5 Å². The van der Waals surface area contributed by atoms with Crippen LogP contribution in [-0.2, 0) is 20.8 Å². The number of hydrogen-bond donors (Lipinski definition) is 1. The molecule has 39 heavy (non-hydrogen) atoms. The van der Waals surface area contributed by atoms with Gasteiger partial charge in [0.05, 0.1) is 24.5 Å². The number of ketones is 1. The van der Waals surface area contributed by atoms with Crippen molar-refractivity contribution in [3.63, 3.8) is 0 Å². The number of ether oxygens (including phenoxy) is 1. The molecule has 3 amide bonds. The molecule has 5 rings (SSSR count). The number of carbonyl (C=O) groups excluding carboxylic acids is 4. The third kappa shape index (κ3) is 5.74. The molecule has 0 bridgehead atoms. The Morgan fingerprint density at radius 3 is 2.69 bits per heavy atom. The number of rotatable bonds is 7. The molecule has 3 atom stereocenters. The van der Waals surface area contributed by atoms with Crippen molar-refractivity contribution in [2.75, 3.05) is 13.1 Å². The van der Waals surface area contributed by atoms with Crippen LogP contribution in [0.1, 0.15) is 32.3 Å². The molecule has 4 heterocycles. The van der Waals surface area contributed by atoms with Crippen LogP contribution in [0.4, 0.5) is 4.79 Å². The topological polar surface area (TPSA) is 122 Å². The number of Topliss-reactive ketones (excluding diaryl/α,β-unsaturated/α-hetero) is 1. The Hall–Kier alpha value is -4.34. The van der Waals surface area contributed by atoms with E-state index >= 15 is 0 Å². The van der Waals surface area contributed by atoms with Gasteiger partial charge in [-0.25, -0.2) is 4.79 Å². The third-order valence-electron chi connectivity index (χ3n) is 7.19. The minimum absolute atomic E-state index is 0.0284. The zero-order valence-corrected chi connectivity index (χ0v) is 21.9. The van der Waals surface area contributed by atoms with Crippen molar-refractivity contribution in [2.45, 2.75) is 51.2 Å². The maximum absolute atomic E-state index is 13.7. The lowest BCUT2D eigenvalue weighted by Gasteiger charge is -2.29. The highest BCUT2D eigenvalue weighted by molar-refractivity contribution is 5.99. The first kappa shape index (κ1) is 26.3. The maximum atomic E-state index is 13.7. The van der Waals surface area contributed by atoms with Gasteiger partial charge in [0.2, 0.25) is 11.8 Å². The maximum Gasteiger partial charge on any atom is 0.413 e. The molecule has 1 aromatic carbocycles. The number of nitrogens with zero attached hydrogens (tertiary/aromatic N) is 4. The molecule has 0 spiro atoms. The highest BCUT2D eigenvalue weighted by Gasteiger charge is 2.52. The molecule has 2 fully saturated rings. The molecule has 2 saturated heterocycles. The van der Waals surface area contributed by atoms with Gasteiger partial charge < -0.3 is 19.9 Å². The highest BCUT2D eigenvalue weighted by Crippen LogP contribution is 2.31. The number of aromatic nitrogens is 2. The van der Waals surface area contributed by atoms with Crippen molar-refractivity contribution in [1.82, 2.24) is 25.1 Å². The van der Waals surface area contributed by atoms with Gasteiger partial charge in [-0.15, -0.1) is 0 Å². The van der Waals surface area contributed by atoms with Gasteiger partial charge in [-0.2, -0.15) is 0 Å². The minimum atomic E-state index is -0.869. The number of amides is 3. The van der Waals surface area contributed by atoms with Gasteiger partial charge in [-0.05, 0) is 54.7 Å². The molecule has 3 aromatic rings. The molecule has 10 nitrogen and oxygen atoms in total. The highest BCUT2D eigenvalue weighted by atomic mass is 16.6. The second-order valence-electron chi connectivity index (χ2n) is 10.4. The molecule has 1 N–H and O–H groups in total. The van der Waals surface area contributed by atoms with E-state index in [4.69, 9.17) is 4.74 Å². The smallest absolute Gasteiger partial charge is 0.410 e. The van der Waals surface area contributed by atoms with E-state index in [1.807, 2.05) is 26.0 Å². The molecule has 0 saturated carbocycles. The Labute approximate surface area is 226 Å².